The summed E-state index contributed by atoms with van der Waals surface area (Å²) in [6.07, 6.45) is 1.50. The van der Waals surface area contributed by atoms with Crippen LogP contribution in [0.5, 0.6) is 11.5 Å². The highest BCUT2D eigenvalue weighted by Crippen LogP contribution is 2.26. The Labute approximate surface area is 184 Å². The van der Waals surface area contributed by atoms with Crippen LogP contribution in [0.2, 0.25) is 5.02 Å². The number of hydrogen-bond donors (Lipinski definition) is 2. The Balaban J connectivity index is 1.58. The minimum absolute atomic E-state index is 0.270. The van der Waals surface area contributed by atoms with Gasteiger partial charge in [-0.25, -0.2) is 5.43 Å². The zero-order chi connectivity index (χ0) is 22.2. The van der Waals surface area contributed by atoms with Crippen molar-refractivity contribution >= 4 is 35.3 Å². The summed E-state index contributed by atoms with van der Waals surface area (Å²) >= 11 is 5.83. The van der Waals surface area contributed by atoms with Crippen LogP contribution in [-0.4, -0.2) is 32.2 Å². The van der Waals surface area contributed by atoms with E-state index in [1.54, 1.807) is 80.9 Å². The number of carbonyl (C=O) groups excluding carboxylic acids is 2. The summed E-state index contributed by atoms with van der Waals surface area (Å²) in [7, 11) is 3.10. The highest BCUT2D eigenvalue weighted by molar-refractivity contribution is 6.30. The van der Waals surface area contributed by atoms with Crippen LogP contribution < -0.4 is 20.2 Å². The first-order chi connectivity index (χ1) is 15.0. The van der Waals surface area contributed by atoms with Crippen LogP contribution in [-0.2, 0) is 0 Å². The second-order valence-electron chi connectivity index (χ2n) is 6.35. The van der Waals surface area contributed by atoms with Gasteiger partial charge in [0.1, 0.15) is 0 Å². The largest absolute Gasteiger partial charge is 0.493 e. The van der Waals surface area contributed by atoms with Crippen LogP contribution >= 0.6 is 11.6 Å². The SMILES string of the molecule is COc1ccc(/C=N\NC(=O)c2ccc(NC(=O)c3ccc(Cl)cc3)cc2)cc1OC. The minimum Gasteiger partial charge on any atom is -0.493 e. The molecule has 3 rings (SSSR count). The third kappa shape index (κ3) is 5.83. The third-order valence-corrected chi connectivity index (χ3v) is 4.55. The molecule has 0 fully saturated rings. The van der Waals surface area contributed by atoms with Crippen LogP contribution in [0.15, 0.2) is 71.8 Å². The molecule has 0 unspecified atom stereocenters. The second-order valence-corrected chi connectivity index (χ2v) is 6.79. The molecule has 0 heterocycles. The van der Waals surface area contributed by atoms with Gasteiger partial charge in [-0.3, -0.25) is 9.59 Å². The smallest absolute Gasteiger partial charge is 0.271 e. The van der Waals surface area contributed by atoms with Gasteiger partial charge in [-0.1, -0.05) is 11.6 Å². The lowest BCUT2D eigenvalue weighted by atomic mass is 10.1. The van der Waals surface area contributed by atoms with Crippen LogP contribution in [0.25, 0.3) is 0 Å². The first kappa shape index (κ1) is 21.9. The summed E-state index contributed by atoms with van der Waals surface area (Å²) in [5.74, 6) is 0.515. The normalized spacial score (nSPS) is 10.5. The molecule has 0 aliphatic heterocycles. The number of nitrogens with zero attached hydrogens (tertiary/aromatic N) is 1. The van der Waals surface area contributed by atoms with E-state index in [9.17, 15) is 9.59 Å². The zero-order valence-electron chi connectivity index (χ0n) is 16.9. The molecule has 0 saturated carbocycles. The van der Waals surface area contributed by atoms with Crippen molar-refractivity contribution in [1.82, 2.24) is 5.43 Å². The molecular formula is C23H20ClN3O4. The number of nitrogens with one attached hydrogen (secondary N) is 2. The molecule has 0 aromatic heterocycles. The first-order valence-electron chi connectivity index (χ1n) is 9.22. The van der Waals surface area contributed by atoms with Gasteiger partial charge in [0, 0.05) is 21.8 Å². The van der Waals surface area contributed by atoms with Gasteiger partial charge in [-0.15, -0.1) is 0 Å². The fraction of sp³-hybridized carbons (Fsp3) is 0.0870. The van der Waals surface area contributed by atoms with Gasteiger partial charge in [0.2, 0.25) is 0 Å². The molecule has 2 amide bonds. The summed E-state index contributed by atoms with van der Waals surface area (Å²) in [6, 6.07) is 18.3. The van der Waals surface area contributed by atoms with E-state index >= 15 is 0 Å². The van der Waals surface area contributed by atoms with Crippen LogP contribution in [0.4, 0.5) is 5.69 Å². The average Bonchev–Trinajstić information content (AvgIpc) is 2.79. The molecule has 158 valence electrons. The van der Waals surface area contributed by atoms with E-state index in [2.05, 4.69) is 15.8 Å². The number of hydrazone groups is 1. The molecule has 0 bridgehead atoms. The number of carbonyl (C=O) groups is 2. The topological polar surface area (TPSA) is 89.0 Å². The number of hydrogen-bond acceptors (Lipinski definition) is 5. The summed E-state index contributed by atoms with van der Waals surface area (Å²) in [5, 5.41) is 7.28. The molecule has 0 saturated heterocycles. The Morgan fingerprint density at radius 1 is 0.839 bits per heavy atom. The molecule has 0 radical (unpaired) electrons. The molecule has 0 spiro atoms. The number of ether oxygens (including phenoxy) is 2. The standard InChI is InChI=1S/C23H20ClN3O4/c1-30-20-12-3-15(13-21(20)31-2)14-25-27-23(29)17-6-10-19(11-7-17)26-22(28)16-4-8-18(24)9-5-16/h3-14H,1-2H3,(H,26,28)(H,27,29)/b25-14-. The van der Waals surface area contributed by atoms with E-state index in [1.165, 1.54) is 6.21 Å². The van der Waals surface area contributed by atoms with E-state index in [1.807, 2.05) is 0 Å². The van der Waals surface area contributed by atoms with Crippen molar-refractivity contribution in [3.63, 3.8) is 0 Å². The number of methoxy groups -OCH3 is 2. The maximum Gasteiger partial charge on any atom is 0.271 e. The highest BCUT2D eigenvalue weighted by Gasteiger charge is 2.08. The number of amides is 2. The maximum absolute atomic E-state index is 12.3. The van der Waals surface area contributed by atoms with E-state index in [0.29, 0.717) is 33.3 Å². The number of benzene rings is 3. The lowest BCUT2D eigenvalue weighted by Gasteiger charge is -2.07. The molecular weight excluding hydrogens is 418 g/mol. The maximum atomic E-state index is 12.3. The van der Waals surface area contributed by atoms with Crippen LogP contribution in [0.1, 0.15) is 26.3 Å². The van der Waals surface area contributed by atoms with Crippen LogP contribution in [0.3, 0.4) is 0 Å². The van der Waals surface area contributed by atoms with Crippen molar-refractivity contribution in [3.05, 3.63) is 88.4 Å². The van der Waals surface area contributed by atoms with Crippen LogP contribution in [0, 0.1) is 0 Å². The van der Waals surface area contributed by atoms with Gasteiger partial charge in [-0.2, -0.15) is 5.10 Å². The van der Waals surface area contributed by atoms with Gasteiger partial charge in [0.15, 0.2) is 11.5 Å². The molecule has 31 heavy (non-hydrogen) atoms. The summed E-state index contributed by atoms with van der Waals surface area (Å²) in [5.41, 5.74) is 4.64. The first-order valence-corrected chi connectivity index (χ1v) is 9.60. The number of rotatable bonds is 7. The molecule has 3 aromatic rings. The Morgan fingerprint density at radius 2 is 1.45 bits per heavy atom. The molecule has 0 aliphatic carbocycles. The molecule has 8 heteroatoms. The zero-order valence-corrected chi connectivity index (χ0v) is 17.6. The lowest BCUT2D eigenvalue weighted by Crippen LogP contribution is -2.17. The minimum atomic E-state index is -0.382. The van der Waals surface area contributed by atoms with Crippen molar-refractivity contribution in [2.45, 2.75) is 0 Å². The van der Waals surface area contributed by atoms with Crippen molar-refractivity contribution < 1.29 is 19.1 Å². The van der Waals surface area contributed by atoms with Gasteiger partial charge in [0.25, 0.3) is 11.8 Å². The second kappa shape index (κ2) is 10.3. The molecule has 0 atom stereocenters. The van der Waals surface area contributed by atoms with Gasteiger partial charge in [-0.05, 0) is 72.3 Å². The van der Waals surface area contributed by atoms with Crippen molar-refractivity contribution in [3.8, 4) is 11.5 Å². The predicted molar refractivity (Wildman–Crippen MR) is 120 cm³/mol. The van der Waals surface area contributed by atoms with E-state index in [-0.39, 0.29) is 11.8 Å². The van der Waals surface area contributed by atoms with Gasteiger partial charge < -0.3 is 14.8 Å². The number of halogens is 1. The summed E-state index contributed by atoms with van der Waals surface area (Å²) in [6.45, 7) is 0. The van der Waals surface area contributed by atoms with Gasteiger partial charge >= 0.3 is 0 Å². The lowest BCUT2D eigenvalue weighted by molar-refractivity contribution is 0.0954. The predicted octanol–water partition coefficient (Wildman–Crippen LogP) is 4.37. The monoisotopic (exact) mass is 437 g/mol. The Bertz CT molecular complexity index is 1100. The van der Waals surface area contributed by atoms with Crippen molar-refractivity contribution in [2.75, 3.05) is 19.5 Å². The van der Waals surface area contributed by atoms with E-state index < -0.39 is 0 Å². The Morgan fingerprint density at radius 3 is 2.10 bits per heavy atom. The summed E-state index contributed by atoms with van der Waals surface area (Å²) < 4.78 is 10.4. The molecule has 7 nitrogen and oxygen atoms in total. The third-order valence-electron chi connectivity index (χ3n) is 4.30. The Kier molecular flexibility index (Phi) is 7.24. The number of anilines is 1. The Hall–Kier alpha value is -3.84. The fourth-order valence-corrected chi connectivity index (χ4v) is 2.80. The van der Waals surface area contributed by atoms with E-state index in [4.69, 9.17) is 21.1 Å². The fourth-order valence-electron chi connectivity index (χ4n) is 2.67. The van der Waals surface area contributed by atoms with Crippen molar-refractivity contribution in [2.24, 2.45) is 5.10 Å². The molecule has 3 aromatic carbocycles. The van der Waals surface area contributed by atoms with Gasteiger partial charge in [0.05, 0.1) is 20.4 Å². The van der Waals surface area contributed by atoms with Crippen molar-refractivity contribution in [1.29, 1.82) is 0 Å². The molecule has 0 aliphatic rings. The highest BCUT2D eigenvalue weighted by atomic mass is 35.5. The quantitative estimate of drug-likeness (QED) is 0.424. The summed E-state index contributed by atoms with van der Waals surface area (Å²) in [4.78, 5) is 24.5. The molecule has 2 N–H and O–H groups in total. The van der Waals surface area contributed by atoms with E-state index in [0.717, 1.165) is 5.56 Å². The average molecular weight is 438 g/mol.